The number of sulfone groups is 1. The molecule has 5 aromatic rings. The molecule has 1 unspecified atom stereocenters. The third kappa shape index (κ3) is 7.14. The number of hydrogen-bond acceptors (Lipinski definition) is 9. The number of ether oxygens (including phenoxy) is 2. The molecule has 230 valence electrons. The van der Waals surface area contributed by atoms with E-state index >= 15 is 0 Å². The van der Waals surface area contributed by atoms with Gasteiger partial charge in [0.1, 0.15) is 35.9 Å². The van der Waals surface area contributed by atoms with Gasteiger partial charge in [-0.3, -0.25) is 0 Å². The Balaban J connectivity index is 1.17. The maximum Gasteiger partial charge on any atom is 0.196 e. The normalized spacial score (nSPS) is 16.0. The third-order valence-corrected chi connectivity index (χ3v) is 9.63. The van der Waals surface area contributed by atoms with Crippen LogP contribution in [0, 0.1) is 5.82 Å². The predicted octanol–water partition coefficient (Wildman–Crippen LogP) is 6.44. The molecule has 0 amide bonds. The summed E-state index contributed by atoms with van der Waals surface area (Å²) in [6.07, 6.45) is 7.21. The van der Waals surface area contributed by atoms with Gasteiger partial charge in [0.2, 0.25) is 0 Å². The van der Waals surface area contributed by atoms with E-state index in [2.05, 4.69) is 41.5 Å². The molecule has 2 aromatic heterocycles. The van der Waals surface area contributed by atoms with Crippen LogP contribution < -0.4 is 15.4 Å². The summed E-state index contributed by atoms with van der Waals surface area (Å²) in [7, 11) is -3.51. The van der Waals surface area contributed by atoms with Crippen molar-refractivity contribution in [2.45, 2.75) is 23.7 Å². The lowest BCUT2D eigenvalue weighted by Gasteiger charge is -2.30. The van der Waals surface area contributed by atoms with Gasteiger partial charge in [0.25, 0.3) is 0 Å². The first-order chi connectivity index (χ1) is 21.8. The van der Waals surface area contributed by atoms with Crippen LogP contribution in [0.2, 0.25) is 0 Å². The van der Waals surface area contributed by atoms with Gasteiger partial charge in [-0.2, -0.15) is 0 Å². The van der Waals surface area contributed by atoms with Crippen molar-refractivity contribution in [1.82, 2.24) is 20.3 Å². The predicted molar refractivity (Wildman–Crippen MR) is 173 cm³/mol. The zero-order valence-electron chi connectivity index (χ0n) is 24.0. The van der Waals surface area contributed by atoms with Crippen LogP contribution in [0.15, 0.2) is 113 Å². The van der Waals surface area contributed by atoms with Gasteiger partial charge in [-0.25, -0.2) is 27.8 Å². The lowest BCUT2D eigenvalue weighted by Crippen LogP contribution is -2.39. The average Bonchev–Trinajstić information content (AvgIpc) is 3.53. The van der Waals surface area contributed by atoms with Crippen LogP contribution in [0.5, 0.6) is 5.75 Å². The van der Waals surface area contributed by atoms with E-state index < -0.39 is 15.4 Å². The van der Waals surface area contributed by atoms with Crippen LogP contribution in [0.3, 0.4) is 0 Å². The Hall–Kier alpha value is -4.39. The summed E-state index contributed by atoms with van der Waals surface area (Å²) in [6, 6.07) is 22.6. The Morgan fingerprint density at radius 2 is 1.91 bits per heavy atom. The second-order valence-corrected chi connectivity index (χ2v) is 13.4. The molecule has 3 heterocycles. The molecule has 45 heavy (non-hydrogen) atoms. The molecule has 6 rings (SSSR count). The Morgan fingerprint density at radius 1 is 1.00 bits per heavy atom. The first-order valence-corrected chi connectivity index (χ1v) is 16.6. The number of pyridine rings is 1. The topological polar surface area (TPSA) is 115 Å². The smallest absolute Gasteiger partial charge is 0.196 e. The number of hydrogen-bond donors (Lipinski definition) is 2. The molecule has 9 nitrogen and oxygen atoms in total. The molecule has 3 aromatic carbocycles. The number of nitrogens with zero attached hydrogens (tertiary/aromatic N) is 3. The Kier molecular flexibility index (Phi) is 9.06. The molecule has 0 radical (unpaired) electrons. The van der Waals surface area contributed by atoms with Gasteiger partial charge in [0.05, 0.1) is 22.0 Å². The summed E-state index contributed by atoms with van der Waals surface area (Å²) in [5, 5.41) is 7.51. The van der Waals surface area contributed by atoms with Crippen molar-refractivity contribution in [3.05, 3.63) is 125 Å². The monoisotopic (exact) mass is 689 g/mol. The number of rotatable bonds is 12. The second-order valence-electron chi connectivity index (χ2n) is 10.5. The SMILES string of the molecule is O=S(=O)(CCNCC1(c2ccc3ncnc(Nc4ccc(OCc5cccc(F)c5)c(Br)c4)c3c2)CC=CO1)c1ccccn1. The molecule has 0 bridgehead atoms. The van der Waals surface area contributed by atoms with Crippen LogP contribution in [0.1, 0.15) is 17.5 Å². The fourth-order valence-electron chi connectivity index (χ4n) is 5.06. The van der Waals surface area contributed by atoms with Crippen LogP contribution >= 0.6 is 15.9 Å². The van der Waals surface area contributed by atoms with Crippen LogP contribution in [0.4, 0.5) is 15.9 Å². The zero-order valence-corrected chi connectivity index (χ0v) is 26.4. The van der Waals surface area contributed by atoms with Gasteiger partial charge in [-0.15, -0.1) is 0 Å². The van der Waals surface area contributed by atoms with Crippen molar-refractivity contribution >= 4 is 48.2 Å². The molecule has 0 saturated carbocycles. The highest BCUT2D eigenvalue weighted by Crippen LogP contribution is 2.37. The van der Waals surface area contributed by atoms with Gasteiger partial charge in [0.15, 0.2) is 14.9 Å². The Labute approximate surface area is 268 Å². The molecule has 0 aliphatic carbocycles. The highest BCUT2D eigenvalue weighted by atomic mass is 79.9. The molecule has 12 heteroatoms. The van der Waals surface area contributed by atoms with E-state index in [-0.39, 0.29) is 29.7 Å². The number of anilines is 2. The fourth-order valence-corrected chi connectivity index (χ4v) is 6.68. The van der Waals surface area contributed by atoms with E-state index in [1.54, 1.807) is 24.5 Å². The lowest BCUT2D eigenvalue weighted by atomic mass is 9.90. The van der Waals surface area contributed by atoms with Crippen LogP contribution in [0.25, 0.3) is 10.9 Å². The van der Waals surface area contributed by atoms with E-state index in [0.29, 0.717) is 24.5 Å². The van der Waals surface area contributed by atoms with Gasteiger partial charge in [0, 0.05) is 36.8 Å². The highest BCUT2D eigenvalue weighted by Gasteiger charge is 2.35. The number of nitrogens with one attached hydrogen (secondary N) is 2. The first-order valence-electron chi connectivity index (χ1n) is 14.2. The Bertz CT molecular complexity index is 1950. The summed E-state index contributed by atoms with van der Waals surface area (Å²) in [4.78, 5) is 12.9. The molecule has 0 fully saturated rings. The van der Waals surface area contributed by atoms with Crippen molar-refractivity contribution < 1.29 is 22.3 Å². The number of fused-ring (bicyclic) bond motifs is 1. The van der Waals surface area contributed by atoms with Crippen LogP contribution in [-0.2, 0) is 26.8 Å². The number of halogens is 2. The maximum atomic E-state index is 13.5. The average molecular weight is 691 g/mol. The summed E-state index contributed by atoms with van der Waals surface area (Å²) in [5.41, 5.74) is 2.44. The van der Waals surface area contributed by atoms with E-state index in [4.69, 9.17) is 9.47 Å². The van der Waals surface area contributed by atoms with Crippen LogP contribution in [-0.4, -0.2) is 42.2 Å². The number of aromatic nitrogens is 3. The molecule has 1 atom stereocenters. The zero-order chi connectivity index (χ0) is 31.3. The number of benzene rings is 3. The minimum absolute atomic E-state index is 0.0629. The van der Waals surface area contributed by atoms with Gasteiger partial charge in [-0.05, 0) is 87.7 Å². The Morgan fingerprint density at radius 3 is 2.69 bits per heavy atom. The van der Waals surface area contributed by atoms with Crippen molar-refractivity contribution in [2.24, 2.45) is 0 Å². The van der Waals surface area contributed by atoms with E-state index in [0.717, 1.165) is 32.2 Å². The van der Waals surface area contributed by atoms with Crippen molar-refractivity contribution in [2.75, 3.05) is 24.2 Å². The van der Waals surface area contributed by atoms with Gasteiger partial charge >= 0.3 is 0 Å². The molecular weight excluding hydrogens is 661 g/mol. The first kappa shape index (κ1) is 30.6. The minimum atomic E-state index is -3.51. The summed E-state index contributed by atoms with van der Waals surface area (Å²) >= 11 is 3.57. The van der Waals surface area contributed by atoms with Crippen molar-refractivity contribution in [3.8, 4) is 5.75 Å². The fraction of sp³-hybridized carbons (Fsp3) is 0.182. The summed E-state index contributed by atoms with van der Waals surface area (Å²) in [5.74, 6) is 0.836. The minimum Gasteiger partial charge on any atom is -0.489 e. The lowest BCUT2D eigenvalue weighted by molar-refractivity contribution is 0.0419. The van der Waals surface area contributed by atoms with Crippen molar-refractivity contribution in [3.63, 3.8) is 0 Å². The molecule has 0 spiro atoms. The molecular formula is C33H29BrFN5O4S. The summed E-state index contributed by atoms with van der Waals surface area (Å²) in [6.45, 7) is 0.865. The summed E-state index contributed by atoms with van der Waals surface area (Å²) < 4.78 is 51.6. The highest BCUT2D eigenvalue weighted by molar-refractivity contribution is 9.10. The largest absolute Gasteiger partial charge is 0.489 e. The van der Waals surface area contributed by atoms with Gasteiger partial charge in [-0.1, -0.05) is 24.3 Å². The second kappa shape index (κ2) is 13.3. The van der Waals surface area contributed by atoms with Crippen molar-refractivity contribution in [1.29, 1.82) is 0 Å². The molecule has 2 N–H and O–H groups in total. The molecule has 1 aliphatic rings. The van der Waals surface area contributed by atoms with E-state index in [1.165, 1.54) is 30.7 Å². The van der Waals surface area contributed by atoms with E-state index in [9.17, 15) is 12.8 Å². The third-order valence-electron chi connectivity index (χ3n) is 7.39. The standard InChI is InChI=1S/C33H29BrFN5O4S/c34-28-19-26(9-11-30(28)43-20-23-5-3-6-25(35)17-23)40-32-27-18-24(8-10-29(27)38-22-39-32)33(12-4-15-44-33)21-36-14-16-45(41,42)31-7-1-2-13-37-31/h1-11,13,15,17-19,22,36H,12,14,16,20-21H2,(H,38,39,40). The quantitative estimate of drug-likeness (QED) is 0.143. The maximum absolute atomic E-state index is 13.5. The van der Waals surface area contributed by atoms with E-state index in [1.807, 2.05) is 48.5 Å². The molecule has 0 saturated heterocycles. The van der Waals surface area contributed by atoms with Gasteiger partial charge < -0.3 is 20.1 Å². The molecule has 1 aliphatic heterocycles.